The molecule has 0 amide bonds. The van der Waals surface area contributed by atoms with Crippen LogP contribution in [0.15, 0.2) is 36.7 Å². The molecule has 0 aliphatic rings. The SMILES string of the molecule is COc1ccc(CC(C)N)cc1Cn1cccn1.Cl. The quantitative estimate of drug-likeness (QED) is 0.915. The van der Waals surface area contributed by atoms with E-state index in [1.807, 2.05) is 29.9 Å². The summed E-state index contributed by atoms with van der Waals surface area (Å²) in [5.41, 5.74) is 8.19. The number of benzene rings is 1. The standard InChI is InChI=1S/C14H19N3O.ClH/c1-11(15)8-12-4-5-14(18-2)13(9-12)10-17-7-3-6-16-17;/h3-7,9,11H,8,10,15H2,1-2H3;1H. The Bertz CT molecular complexity index is 497. The fourth-order valence-electron chi connectivity index (χ4n) is 2.02. The molecule has 0 saturated heterocycles. The zero-order valence-electron chi connectivity index (χ0n) is 11.2. The molecule has 1 heterocycles. The lowest BCUT2D eigenvalue weighted by Gasteiger charge is -2.12. The van der Waals surface area contributed by atoms with E-state index in [9.17, 15) is 0 Å². The van der Waals surface area contributed by atoms with Crippen molar-refractivity contribution in [2.24, 2.45) is 5.73 Å². The van der Waals surface area contributed by atoms with Crippen LogP contribution in [0.25, 0.3) is 0 Å². The summed E-state index contributed by atoms with van der Waals surface area (Å²) in [5.74, 6) is 0.888. The minimum Gasteiger partial charge on any atom is -0.496 e. The molecular formula is C14H20ClN3O. The van der Waals surface area contributed by atoms with E-state index in [2.05, 4.69) is 17.2 Å². The van der Waals surface area contributed by atoms with Gasteiger partial charge in [0.25, 0.3) is 0 Å². The zero-order valence-corrected chi connectivity index (χ0v) is 12.1. The third-order valence-corrected chi connectivity index (χ3v) is 2.79. The zero-order chi connectivity index (χ0) is 13.0. The van der Waals surface area contributed by atoms with Crippen LogP contribution in [-0.4, -0.2) is 22.9 Å². The lowest BCUT2D eigenvalue weighted by molar-refractivity contribution is 0.407. The number of halogens is 1. The molecule has 0 bridgehead atoms. The number of methoxy groups -OCH3 is 1. The Morgan fingerprint density at radius 3 is 2.79 bits per heavy atom. The first-order valence-corrected chi connectivity index (χ1v) is 6.08. The predicted octanol–water partition coefficient (Wildman–Crippen LogP) is 2.25. The van der Waals surface area contributed by atoms with Crippen LogP contribution in [0.2, 0.25) is 0 Å². The average molecular weight is 282 g/mol. The van der Waals surface area contributed by atoms with Gasteiger partial charge in [0.05, 0.1) is 13.7 Å². The van der Waals surface area contributed by atoms with E-state index in [1.54, 1.807) is 13.3 Å². The number of nitrogens with two attached hydrogens (primary N) is 1. The van der Waals surface area contributed by atoms with Crippen molar-refractivity contribution >= 4 is 12.4 Å². The number of ether oxygens (including phenoxy) is 1. The minimum atomic E-state index is 0. The molecule has 0 aliphatic carbocycles. The highest BCUT2D eigenvalue weighted by molar-refractivity contribution is 5.85. The van der Waals surface area contributed by atoms with E-state index in [0.717, 1.165) is 17.7 Å². The van der Waals surface area contributed by atoms with E-state index in [1.165, 1.54) is 5.56 Å². The summed E-state index contributed by atoms with van der Waals surface area (Å²) in [4.78, 5) is 0. The summed E-state index contributed by atoms with van der Waals surface area (Å²) in [6.45, 7) is 2.72. The molecule has 1 aromatic carbocycles. The first kappa shape index (κ1) is 15.5. The van der Waals surface area contributed by atoms with Crippen LogP contribution in [0.3, 0.4) is 0 Å². The molecular weight excluding hydrogens is 262 g/mol. The topological polar surface area (TPSA) is 53.1 Å². The van der Waals surface area contributed by atoms with Crippen molar-refractivity contribution < 1.29 is 4.74 Å². The van der Waals surface area contributed by atoms with Crippen molar-refractivity contribution in [1.82, 2.24) is 9.78 Å². The Morgan fingerprint density at radius 1 is 1.42 bits per heavy atom. The lowest BCUT2D eigenvalue weighted by Crippen LogP contribution is -2.18. The molecule has 0 fully saturated rings. The van der Waals surface area contributed by atoms with Crippen LogP contribution in [0.4, 0.5) is 0 Å². The first-order valence-electron chi connectivity index (χ1n) is 6.08. The lowest BCUT2D eigenvalue weighted by atomic mass is 10.0. The summed E-state index contributed by atoms with van der Waals surface area (Å²) >= 11 is 0. The van der Waals surface area contributed by atoms with E-state index < -0.39 is 0 Å². The molecule has 4 nitrogen and oxygen atoms in total. The van der Waals surface area contributed by atoms with E-state index in [-0.39, 0.29) is 18.4 Å². The van der Waals surface area contributed by atoms with Gasteiger partial charge in [0.1, 0.15) is 5.75 Å². The molecule has 5 heteroatoms. The van der Waals surface area contributed by atoms with E-state index in [4.69, 9.17) is 10.5 Å². The highest BCUT2D eigenvalue weighted by atomic mass is 35.5. The van der Waals surface area contributed by atoms with Gasteiger partial charge in [-0.2, -0.15) is 5.10 Å². The number of rotatable bonds is 5. The largest absolute Gasteiger partial charge is 0.496 e. The molecule has 1 aromatic heterocycles. The van der Waals surface area contributed by atoms with Gasteiger partial charge in [0.15, 0.2) is 0 Å². The highest BCUT2D eigenvalue weighted by Crippen LogP contribution is 2.21. The van der Waals surface area contributed by atoms with Crippen molar-refractivity contribution in [1.29, 1.82) is 0 Å². The summed E-state index contributed by atoms with van der Waals surface area (Å²) < 4.78 is 7.26. The molecule has 0 radical (unpaired) electrons. The van der Waals surface area contributed by atoms with Crippen LogP contribution in [-0.2, 0) is 13.0 Å². The highest BCUT2D eigenvalue weighted by Gasteiger charge is 2.07. The third kappa shape index (κ3) is 4.26. The monoisotopic (exact) mass is 281 g/mol. The smallest absolute Gasteiger partial charge is 0.123 e. The molecule has 2 rings (SSSR count). The molecule has 0 aliphatic heterocycles. The molecule has 1 atom stereocenters. The van der Waals surface area contributed by atoms with Crippen molar-refractivity contribution in [3.63, 3.8) is 0 Å². The van der Waals surface area contributed by atoms with Crippen LogP contribution < -0.4 is 10.5 Å². The Kier molecular flexibility index (Phi) is 5.86. The van der Waals surface area contributed by atoms with Gasteiger partial charge in [-0.3, -0.25) is 4.68 Å². The number of hydrogen-bond donors (Lipinski definition) is 1. The normalized spacial score (nSPS) is 11.7. The molecule has 19 heavy (non-hydrogen) atoms. The Labute approximate surface area is 120 Å². The molecule has 1 unspecified atom stereocenters. The second-order valence-corrected chi connectivity index (χ2v) is 4.53. The van der Waals surface area contributed by atoms with E-state index >= 15 is 0 Å². The number of nitrogens with zero attached hydrogens (tertiary/aromatic N) is 2. The second kappa shape index (κ2) is 7.16. The predicted molar refractivity (Wildman–Crippen MR) is 78.9 cm³/mol. The minimum absolute atomic E-state index is 0. The maximum Gasteiger partial charge on any atom is 0.123 e. The fraction of sp³-hybridized carbons (Fsp3) is 0.357. The van der Waals surface area contributed by atoms with Crippen LogP contribution in [0.5, 0.6) is 5.75 Å². The molecule has 104 valence electrons. The molecule has 2 N–H and O–H groups in total. The van der Waals surface area contributed by atoms with Gasteiger partial charge in [-0.1, -0.05) is 12.1 Å². The van der Waals surface area contributed by atoms with Gasteiger partial charge in [-0.15, -0.1) is 12.4 Å². The summed E-state index contributed by atoms with van der Waals surface area (Å²) in [6, 6.07) is 8.28. The summed E-state index contributed by atoms with van der Waals surface area (Å²) in [6.07, 6.45) is 4.59. The summed E-state index contributed by atoms with van der Waals surface area (Å²) in [5, 5.41) is 4.21. The van der Waals surface area contributed by atoms with Crippen molar-refractivity contribution in [3.05, 3.63) is 47.8 Å². The average Bonchev–Trinajstić information content (AvgIpc) is 2.81. The van der Waals surface area contributed by atoms with Gasteiger partial charge >= 0.3 is 0 Å². The van der Waals surface area contributed by atoms with Crippen LogP contribution in [0.1, 0.15) is 18.1 Å². The fourth-order valence-corrected chi connectivity index (χ4v) is 2.02. The van der Waals surface area contributed by atoms with Crippen molar-refractivity contribution in [2.75, 3.05) is 7.11 Å². The number of aromatic nitrogens is 2. The van der Waals surface area contributed by atoms with Gasteiger partial charge in [-0.25, -0.2) is 0 Å². The van der Waals surface area contributed by atoms with E-state index in [0.29, 0.717) is 6.54 Å². The van der Waals surface area contributed by atoms with Gasteiger partial charge < -0.3 is 10.5 Å². The number of hydrogen-bond acceptors (Lipinski definition) is 3. The second-order valence-electron chi connectivity index (χ2n) is 4.53. The molecule has 0 saturated carbocycles. The molecule has 2 aromatic rings. The van der Waals surface area contributed by atoms with Crippen LogP contribution >= 0.6 is 12.4 Å². The first-order chi connectivity index (χ1) is 8.69. The maximum atomic E-state index is 5.83. The van der Waals surface area contributed by atoms with Crippen LogP contribution in [0, 0.1) is 0 Å². The van der Waals surface area contributed by atoms with Gasteiger partial charge in [-0.05, 0) is 31.0 Å². The Hall–Kier alpha value is -1.52. The Balaban J connectivity index is 0.00000180. The third-order valence-electron chi connectivity index (χ3n) is 2.79. The van der Waals surface area contributed by atoms with Crippen molar-refractivity contribution in [3.8, 4) is 5.75 Å². The van der Waals surface area contributed by atoms with Crippen molar-refractivity contribution in [2.45, 2.75) is 25.9 Å². The van der Waals surface area contributed by atoms with Gasteiger partial charge in [0.2, 0.25) is 0 Å². The van der Waals surface area contributed by atoms with Gasteiger partial charge in [0, 0.05) is 24.0 Å². The molecule has 0 spiro atoms. The summed E-state index contributed by atoms with van der Waals surface area (Å²) in [7, 11) is 1.69. The maximum absolute atomic E-state index is 5.83. The Morgan fingerprint density at radius 2 is 2.21 bits per heavy atom.